The predicted octanol–water partition coefficient (Wildman–Crippen LogP) is 4.05. The van der Waals surface area contributed by atoms with Gasteiger partial charge in [-0.05, 0) is 25.1 Å². The van der Waals surface area contributed by atoms with Crippen molar-refractivity contribution in [2.24, 2.45) is 0 Å². The number of piperazine rings is 1. The van der Waals surface area contributed by atoms with E-state index in [9.17, 15) is 4.79 Å². The van der Waals surface area contributed by atoms with E-state index in [1.54, 1.807) is 0 Å². The first kappa shape index (κ1) is 19.7. The van der Waals surface area contributed by atoms with Gasteiger partial charge in [-0.1, -0.05) is 48.2 Å². The Hall–Kier alpha value is -3.26. The molecule has 31 heavy (non-hydrogen) atoms. The van der Waals surface area contributed by atoms with Crippen molar-refractivity contribution in [1.29, 1.82) is 0 Å². The number of carbonyl (C=O) groups excluding carboxylic acids is 1. The molecule has 0 bridgehead atoms. The van der Waals surface area contributed by atoms with Crippen LogP contribution in [0, 0.1) is 0 Å². The van der Waals surface area contributed by atoms with Crippen molar-refractivity contribution in [2.45, 2.75) is 17.4 Å². The summed E-state index contributed by atoms with van der Waals surface area (Å²) in [6.07, 6.45) is 1.87. The zero-order valence-corrected chi connectivity index (χ0v) is 18.0. The number of hydrogen-bond acceptors (Lipinski definition) is 6. The van der Waals surface area contributed by atoms with Crippen LogP contribution in [0.4, 0.5) is 5.69 Å². The van der Waals surface area contributed by atoms with Gasteiger partial charge in [0.1, 0.15) is 0 Å². The van der Waals surface area contributed by atoms with E-state index in [2.05, 4.69) is 32.2 Å². The molecule has 1 aliphatic rings. The number of thioether (sulfide) groups is 1. The van der Waals surface area contributed by atoms with Gasteiger partial charge in [0.25, 0.3) is 11.1 Å². The van der Waals surface area contributed by atoms with Crippen LogP contribution in [0.3, 0.4) is 0 Å². The fourth-order valence-electron chi connectivity index (χ4n) is 3.90. The molecule has 0 aliphatic carbocycles. The molecule has 4 aromatic rings. The minimum atomic E-state index is -0.292. The summed E-state index contributed by atoms with van der Waals surface area (Å²) in [7, 11) is 0. The minimum Gasteiger partial charge on any atom is -0.411 e. The third kappa shape index (κ3) is 4.03. The Balaban J connectivity index is 1.21. The Bertz CT molecular complexity index is 1180. The number of aromatic amines is 1. The number of nitrogens with one attached hydrogen (secondary N) is 1. The molecule has 5 rings (SSSR count). The molecule has 8 heteroatoms. The molecule has 0 radical (unpaired) electrons. The van der Waals surface area contributed by atoms with Crippen LogP contribution < -0.4 is 4.90 Å². The molecule has 1 amide bonds. The van der Waals surface area contributed by atoms with Gasteiger partial charge in [0.2, 0.25) is 5.91 Å². The van der Waals surface area contributed by atoms with E-state index < -0.39 is 0 Å². The highest BCUT2D eigenvalue weighted by Crippen LogP contribution is 2.31. The molecule has 0 spiro atoms. The van der Waals surface area contributed by atoms with Crippen molar-refractivity contribution in [3.63, 3.8) is 0 Å². The highest BCUT2D eigenvalue weighted by molar-refractivity contribution is 8.00. The van der Waals surface area contributed by atoms with Gasteiger partial charge in [-0.25, -0.2) is 0 Å². The van der Waals surface area contributed by atoms with E-state index >= 15 is 0 Å². The minimum absolute atomic E-state index is 0.101. The molecule has 1 saturated heterocycles. The van der Waals surface area contributed by atoms with E-state index in [1.807, 2.05) is 60.5 Å². The summed E-state index contributed by atoms with van der Waals surface area (Å²) in [5.41, 5.74) is 3.08. The quantitative estimate of drug-likeness (QED) is 0.479. The fraction of sp³-hybridized carbons (Fsp3) is 0.261. The number of anilines is 1. The Morgan fingerprint density at radius 1 is 1.03 bits per heavy atom. The van der Waals surface area contributed by atoms with Gasteiger partial charge in [0, 0.05) is 49.0 Å². The van der Waals surface area contributed by atoms with Crippen molar-refractivity contribution >= 4 is 34.3 Å². The number of carbonyl (C=O) groups is 1. The molecule has 3 heterocycles. The summed E-state index contributed by atoms with van der Waals surface area (Å²) < 4.78 is 5.86. The molecule has 1 fully saturated rings. The molecule has 2 aromatic heterocycles. The van der Waals surface area contributed by atoms with Crippen LogP contribution in [0.2, 0.25) is 0 Å². The van der Waals surface area contributed by atoms with Crippen molar-refractivity contribution in [2.75, 3.05) is 31.1 Å². The van der Waals surface area contributed by atoms with Gasteiger partial charge >= 0.3 is 0 Å². The van der Waals surface area contributed by atoms with Gasteiger partial charge in [-0.2, -0.15) is 0 Å². The summed E-state index contributed by atoms with van der Waals surface area (Å²) in [5.74, 6) is 0.556. The number of para-hydroxylation sites is 2. The van der Waals surface area contributed by atoms with Crippen LogP contribution in [-0.2, 0) is 4.79 Å². The second-order valence-corrected chi connectivity index (χ2v) is 8.82. The highest BCUT2D eigenvalue weighted by atomic mass is 32.2. The Morgan fingerprint density at radius 2 is 1.77 bits per heavy atom. The van der Waals surface area contributed by atoms with Gasteiger partial charge < -0.3 is 19.2 Å². The SMILES string of the molecule is C[C@@H](Sc1nnc(-c2c[nH]c3ccccc23)o1)C(=O)N1CCN(c2ccccc2)CC1. The molecule has 1 aliphatic heterocycles. The van der Waals surface area contributed by atoms with E-state index in [4.69, 9.17) is 4.42 Å². The molecule has 1 N–H and O–H groups in total. The van der Waals surface area contributed by atoms with E-state index in [0.717, 1.165) is 29.6 Å². The smallest absolute Gasteiger partial charge is 0.277 e. The number of nitrogens with zero attached hydrogens (tertiary/aromatic N) is 4. The maximum atomic E-state index is 12.9. The van der Waals surface area contributed by atoms with Crippen molar-refractivity contribution in [3.8, 4) is 11.5 Å². The van der Waals surface area contributed by atoms with Crippen LogP contribution in [-0.4, -0.2) is 57.4 Å². The first-order valence-electron chi connectivity index (χ1n) is 10.3. The first-order chi connectivity index (χ1) is 15.2. The van der Waals surface area contributed by atoms with Gasteiger partial charge in [0.15, 0.2) is 0 Å². The summed E-state index contributed by atoms with van der Waals surface area (Å²) in [6.45, 7) is 4.98. The Kier molecular flexibility index (Phi) is 5.38. The Morgan fingerprint density at radius 3 is 2.58 bits per heavy atom. The van der Waals surface area contributed by atoms with Crippen LogP contribution >= 0.6 is 11.8 Å². The third-order valence-electron chi connectivity index (χ3n) is 5.56. The highest BCUT2D eigenvalue weighted by Gasteiger charge is 2.27. The maximum absolute atomic E-state index is 12.9. The summed E-state index contributed by atoms with van der Waals surface area (Å²) in [4.78, 5) is 20.4. The van der Waals surface area contributed by atoms with Crippen molar-refractivity contribution in [1.82, 2.24) is 20.1 Å². The zero-order chi connectivity index (χ0) is 21.2. The molecular formula is C23H23N5O2S. The monoisotopic (exact) mass is 433 g/mol. The first-order valence-corrected chi connectivity index (χ1v) is 11.2. The topological polar surface area (TPSA) is 78.3 Å². The summed E-state index contributed by atoms with van der Waals surface area (Å²) in [6, 6.07) is 18.3. The molecule has 2 aromatic carbocycles. The zero-order valence-electron chi connectivity index (χ0n) is 17.2. The molecule has 158 valence electrons. The lowest BCUT2D eigenvalue weighted by molar-refractivity contribution is -0.130. The van der Waals surface area contributed by atoms with Crippen LogP contribution in [0.5, 0.6) is 0 Å². The van der Waals surface area contributed by atoms with Gasteiger partial charge in [0.05, 0.1) is 10.8 Å². The third-order valence-corrected chi connectivity index (χ3v) is 6.49. The van der Waals surface area contributed by atoms with Crippen LogP contribution in [0.25, 0.3) is 22.4 Å². The van der Waals surface area contributed by atoms with E-state index in [-0.39, 0.29) is 11.2 Å². The second kappa shape index (κ2) is 8.47. The lowest BCUT2D eigenvalue weighted by Gasteiger charge is -2.37. The predicted molar refractivity (Wildman–Crippen MR) is 122 cm³/mol. The number of fused-ring (bicyclic) bond motifs is 1. The maximum Gasteiger partial charge on any atom is 0.277 e. The van der Waals surface area contributed by atoms with Crippen LogP contribution in [0.1, 0.15) is 6.92 Å². The van der Waals surface area contributed by atoms with E-state index in [0.29, 0.717) is 24.2 Å². The van der Waals surface area contributed by atoms with E-state index in [1.165, 1.54) is 17.4 Å². The summed E-state index contributed by atoms with van der Waals surface area (Å²) in [5, 5.41) is 9.48. The second-order valence-electron chi connectivity index (χ2n) is 7.53. The average Bonchev–Trinajstić information content (AvgIpc) is 3.46. The van der Waals surface area contributed by atoms with Gasteiger partial charge in [-0.15, -0.1) is 10.2 Å². The molecule has 7 nitrogen and oxygen atoms in total. The molecule has 0 unspecified atom stereocenters. The molecular weight excluding hydrogens is 410 g/mol. The number of amides is 1. The lowest BCUT2D eigenvalue weighted by atomic mass is 10.2. The summed E-state index contributed by atoms with van der Waals surface area (Å²) >= 11 is 1.31. The lowest BCUT2D eigenvalue weighted by Crippen LogP contribution is -2.50. The molecule has 1 atom stereocenters. The molecule has 0 saturated carbocycles. The Labute approximate surface area is 184 Å². The largest absolute Gasteiger partial charge is 0.411 e. The number of aromatic nitrogens is 3. The number of rotatable bonds is 5. The number of H-pyrrole nitrogens is 1. The number of hydrogen-bond donors (Lipinski definition) is 1. The number of benzene rings is 2. The fourth-order valence-corrected chi connectivity index (χ4v) is 4.66. The average molecular weight is 434 g/mol. The van der Waals surface area contributed by atoms with Crippen molar-refractivity contribution < 1.29 is 9.21 Å². The van der Waals surface area contributed by atoms with Crippen molar-refractivity contribution in [3.05, 3.63) is 60.8 Å². The van der Waals surface area contributed by atoms with Crippen LogP contribution in [0.15, 0.2) is 70.4 Å². The normalized spacial score (nSPS) is 15.4. The van der Waals surface area contributed by atoms with Gasteiger partial charge in [-0.3, -0.25) is 4.79 Å². The standard InChI is InChI=1S/C23H23N5O2S/c1-16(22(29)28-13-11-27(12-14-28)17-7-3-2-4-8-17)31-23-26-25-21(30-23)19-15-24-20-10-6-5-9-18(19)20/h2-10,15-16,24H,11-14H2,1H3/t16-/m1/s1.